The summed E-state index contributed by atoms with van der Waals surface area (Å²) in [6.07, 6.45) is 1.47. The number of carbonyl (C=O) groups is 1. The van der Waals surface area contributed by atoms with E-state index < -0.39 is 16.1 Å². The molecule has 0 radical (unpaired) electrons. The minimum Gasteiger partial charge on any atom is -0.497 e. The molecular weight excluding hydrogens is 426 g/mol. The summed E-state index contributed by atoms with van der Waals surface area (Å²) in [5.74, 6) is 1.13. The van der Waals surface area contributed by atoms with E-state index in [0.717, 1.165) is 0 Å². The van der Waals surface area contributed by atoms with Gasteiger partial charge >= 0.3 is 0 Å². The van der Waals surface area contributed by atoms with Gasteiger partial charge < -0.3 is 14.4 Å². The third-order valence-corrected chi connectivity index (χ3v) is 6.78. The normalized spacial score (nSPS) is 16.5. The predicted octanol–water partition coefficient (Wildman–Crippen LogP) is 3.38. The van der Waals surface area contributed by atoms with Crippen molar-refractivity contribution in [1.29, 1.82) is 0 Å². The molecule has 30 heavy (non-hydrogen) atoms. The van der Waals surface area contributed by atoms with Crippen LogP contribution in [0.2, 0.25) is 0 Å². The fourth-order valence-corrected chi connectivity index (χ4v) is 4.88. The second-order valence-corrected chi connectivity index (χ2v) is 9.07. The van der Waals surface area contributed by atoms with Gasteiger partial charge in [0.2, 0.25) is 0 Å². The van der Waals surface area contributed by atoms with Crippen molar-refractivity contribution in [3.63, 3.8) is 0 Å². The van der Waals surface area contributed by atoms with E-state index in [2.05, 4.69) is 9.71 Å². The number of hydrogen-bond acceptors (Lipinski definition) is 7. The van der Waals surface area contributed by atoms with Gasteiger partial charge in [-0.15, -0.1) is 11.3 Å². The molecule has 4 rings (SSSR count). The highest BCUT2D eigenvalue weighted by atomic mass is 32.2. The zero-order valence-electron chi connectivity index (χ0n) is 16.0. The quantitative estimate of drug-likeness (QED) is 0.596. The van der Waals surface area contributed by atoms with Crippen molar-refractivity contribution in [2.45, 2.75) is 17.4 Å². The van der Waals surface area contributed by atoms with Gasteiger partial charge in [-0.25, -0.2) is 13.4 Å². The monoisotopic (exact) mass is 447 g/mol. The second kappa shape index (κ2) is 8.33. The Balaban J connectivity index is 0.00000272. The SMILES string of the molecule is COc1ccc(OC2CCN(c3ccc(S(=O)(=O)Nc4nccs4)cc3)C2=O)cc1.[HH]. The van der Waals surface area contributed by atoms with Crippen LogP contribution in [-0.2, 0) is 14.8 Å². The first-order valence-electron chi connectivity index (χ1n) is 9.11. The van der Waals surface area contributed by atoms with Gasteiger partial charge in [0.1, 0.15) is 11.5 Å². The van der Waals surface area contributed by atoms with Gasteiger partial charge in [0.15, 0.2) is 11.2 Å². The maximum Gasteiger partial charge on any atom is 0.268 e. The molecule has 1 atom stereocenters. The van der Waals surface area contributed by atoms with Gasteiger partial charge in [0, 0.05) is 31.7 Å². The minimum absolute atomic E-state index is 0. The lowest BCUT2D eigenvalue weighted by Crippen LogP contribution is -2.32. The number of aromatic nitrogens is 1. The first-order chi connectivity index (χ1) is 14.5. The van der Waals surface area contributed by atoms with Crippen LogP contribution in [0, 0.1) is 0 Å². The van der Waals surface area contributed by atoms with Gasteiger partial charge in [-0.2, -0.15) is 0 Å². The van der Waals surface area contributed by atoms with Crippen molar-refractivity contribution in [2.24, 2.45) is 0 Å². The first-order valence-corrected chi connectivity index (χ1v) is 11.5. The van der Waals surface area contributed by atoms with E-state index >= 15 is 0 Å². The number of benzene rings is 2. The van der Waals surface area contributed by atoms with Crippen molar-refractivity contribution in [3.05, 3.63) is 60.1 Å². The molecule has 0 bridgehead atoms. The summed E-state index contributed by atoms with van der Waals surface area (Å²) in [5.41, 5.74) is 0.619. The van der Waals surface area contributed by atoms with Crippen LogP contribution in [-0.4, -0.2) is 39.1 Å². The van der Waals surface area contributed by atoms with Crippen molar-refractivity contribution in [1.82, 2.24) is 4.98 Å². The summed E-state index contributed by atoms with van der Waals surface area (Å²) in [7, 11) is -2.15. The number of carbonyl (C=O) groups excluding carboxylic acids is 1. The molecule has 1 aliphatic heterocycles. The fraction of sp³-hybridized carbons (Fsp3) is 0.200. The largest absolute Gasteiger partial charge is 0.497 e. The molecule has 1 aromatic heterocycles. The number of nitrogens with one attached hydrogen (secondary N) is 1. The summed E-state index contributed by atoms with van der Waals surface area (Å²) in [5, 5.41) is 1.98. The maximum absolute atomic E-state index is 12.8. The topological polar surface area (TPSA) is 97.8 Å². The summed E-state index contributed by atoms with van der Waals surface area (Å²) >= 11 is 1.20. The van der Waals surface area contributed by atoms with Crippen LogP contribution >= 0.6 is 11.3 Å². The number of thiazole rings is 1. The van der Waals surface area contributed by atoms with Gasteiger partial charge in [0.05, 0.1) is 12.0 Å². The molecule has 3 aromatic rings. The lowest BCUT2D eigenvalue weighted by molar-refractivity contribution is -0.122. The summed E-state index contributed by atoms with van der Waals surface area (Å²) < 4.78 is 38.2. The molecular formula is C20H21N3O5S2. The third kappa shape index (κ3) is 4.24. The zero-order valence-corrected chi connectivity index (χ0v) is 17.7. The second-order valence-electron chi connectivity index (χ2n) is 6.50. The van der Waals surface area contributed by atoms with E-state index in [9.17, 15) is 13.2 Å². The predicted molar refractivity (Wildman–Crippen MR) is 116 cm³/mol. The molecule has 0 spiro atoms. The molecule has 2 aromatic carbocycles. The Morgan fingerprint density at radius 3 is 2.47 bits per heavy atom. The summed E-state index contributed by atoms with van der Waals surface area (Å²) in [6, 6.07) is 13.2. The molecule has 8 nitrogen and oxygen atoms in total. The van der Waals surface area contributed by atoms with Crippen molar-refractivity contribution < 1.29 is 24.1 Å². The molecule has 1 fully saturated rings. The van der Waals surface area contributed by atoms with E-state index in [1.165, 1.54) is 29.7 Å². The van der Waals surface area contributed by atoms with Crippen LogP contribution in [0.5, 0.6) is 11.5 Å². The number of sulfonamides is 1. The smallest absolute Gasteiger partial charge is 0.268 e. The molecule has 1 aliphatic rings. The van der Waals surface area contributed by atoms with Gasteiger partial charge in [0.25, 0.3) is 15.9 Å². The lowest BCUT2D eigenvalue weighted by atomic mass is 10.3. The fourth-order valence-electron chi connectivity index (χ4n) is 3.09. The molecule has 1 saturated heterocycles. The average molecular weight is 448 g/mol. The summed E-state index contributed by atoms with van der Waals surface area (Å²) in [4.78, 5) is 18.4. The number of ether oxygens (including phenoxy) is 2. The molecule has 0 saturated carbocycles. The summed E-state index contributed by atoms with van der Waals surface area (Å²) in [6.45, 7) is 0.489. The number of amides is 1. The Labute approximate surface area is 179 Å². The van der Waals surface area contributed by atoms with E-state index in [1.54, 1.807) is 53.8 Å². The van der Waals surface area contributed by atoms with Crippen LogP contribution < -0.4 is 19.1 Å². The first kappa shape index (κ1) is 20.2. The Hall–Kier alpha value is -3.11. The number of nitrogens with zero attached hydrogens (tertiary/aromatic N) is 2. The number of rotatable bonds is 7. The highest BCUT2D eigenvalue weighted by Crippen LogP contribution is 2.27. The van der Waals surface area contributed by atoms with Crippen molar-refractivity contribution in [3.8, 4) is 11.5 Å². The van der Waals surface area contributed by atoms with E-state index in [1.807, 2.05) is 0 Å². The van der Waals surface area contributed by atoms with Crippen LogP contribution in [0.15, 0.2) is 65.0 Å². The number of methoxy groups -OCH3 is 1. The molecule has 1 amide bonds. The highest BCUT2D eigenvalue weighted by Gasteiger charge is 2.34. The lowest BCUT2D eigenvalue weighted by Gasteiger charge is -2.18. The van der Waals surface area contributed by atoms with Crippen molar-refractivity contribution in [2.75, 3.05) is 23.3 Å². The zero-order chi connectivity index (χ0) is 21.1. The Bertz CT molecular complexity index is 1120. The highest BCUT2D eigenvalue weighted by molar-refractivity contribution is 7.93. The average Bonchev–Trinajstić information content (AvgIpc) is 3.38. The van der Waals surface area contributed by atoms with Gasteiger partial charge in [-0.05, 0) is 48.5 Å². The maximum atomic E-state index is 12.8. The minimum atomic E-state index is -3.73. The van der Waals surface area contributed by atoms with E-state index in [0.29, 0.717) is 35.3 Å². The Morgan fingerprint density at radius 2 is 1.83 bits per heavy atom. The molecule has 2 heterocycles. The molecule has 158 valence electrons. The third-order valence-electron chi connectivity index (χ3n) is 4.61. The van der Waals surface area contributed by atoms with E-state index in [4.69, 9.17) is 9.47 Å². The Kier molecular flexibility index (Phi) is 5.60. The van der Waals surface area contributed by atoms with E-state index in [-0.39, 0.29) is 12.2 Å². The van der Waals surface area contributed by atoms with Crippen LogP contribution in [0.4, 0.5) is 10.8 Å². The van der Waals surface area contributed by atoms with Crippen molar-refractivity contribution >= 4 is 38.1 Å². The molecule has 1 unspecified atom stereocenters. The van der Waals surface area contributed by atoms with Gasteiger partial charge in [-0.3, -0.25) is 9.52 Å². The standard InChI is InChI=1S/C20H19N3O5S2.H2/c1-27-15-4-6-16(7-5-15)28-18-10-12-23(19(18)24)14-2-8-17(9-3-14)30(25,26)22-20-21-11-13-29-20;/h2-9,11,13,18H,10,12H2,1H3,(H,21,22);1H. The van der Waals surface area contributed by atoms with Gasteiger partial charge in [-0.1, -0.05) is 0 Å². The number of anilines is 2. The molecule has 0 aliphatic carbocycles. The Morgan fingerprint density at radius 1 is 1.13 bits per heavy atom. The van der Waals surface area contributed by atoms with Crippen LogP contribution in [0.3, 0.4) is 0 Å². The number of hydrogen-bond donors (Lipinski definition) is 1. The molecule has 1 N–H and O–H groups in total. The van der Waals surface area contributed by atoms with Crippen LogP contribution in [0.1, 0.15) is 7.85 Å². The molecule has 10 heteroatoms. The van der Waals surface area contributed by atoms with Crippen LogP contribution in [0.25, 0.3) is 0 Å².